The number of aromatic nitrogens is 1. The number of carbonyl (C=O) groups excluding carboxylic acids is 1. The van der Waals surface area contributed by atoms with Gasteiger partial charge in [0.05, 0.1) is 0 Å². The summed E-state index contributed by atoms with van der Waals surface area (Å²) >= 11 is 0. The van der Waals surface area contributed by atoms with Crippen LogP contribution in [0.5, 0.6) is 0 Å². The number of carboxylic acids is 1. The zero-order valence-electron chi connectivity index (χ0n) is 13.1. The van der Waals surface area contributed by atoms with Gasteiger partial charge in [-0.3, -0.25) is 4.98 Å². The Kier molecular flexibility index (Phi) is 4.79. The Morgan fingerprint density at radius 1 is 1.22 bits per heavy atom. The number of aliphatic carboxylic acids is 1. The molecule has 0 spiro atoms. The molecule has 1 unspecified atom stereocenters. The molecule has 2 aliphatic rings. The number of nitrogens with zero attached hydrogens (tertiary/aromatic N) is 2. The van der Waals surface area contributed by atoms with Crippen molar-refractivity contribution in [2.45, 2.75) is 38.1 Å². The fraction of sp³-hybridized carbons (Fsp3) is 0.588. The molecule has 1 aromatic heterocycles. The molecule has 1 aliphatic heterocycles. The van der Waals surface area contributed by atoms with Crippen molar-refractivity contribution in [1.29, 1.82) is 0 Å². The van der Waals surface area contributed by atoms with Gasteiger partial charge < -0.3 is 15.3 Å². The minimum atomic E-state index is -1.01. The number of carbonyl (C=O) groups is 2. The maximum absolute atomic E-state index is 12.4. The van der Waals surface area contributed by atoms with E-state index in [1.54, 1.807) is 29.4 Å². The molecule has 3 atom stereocenters. The lowest BCUT2D eigenvalue weighted by Crippen LogP contribution is -2.48. The molecule has 2 N–H and O–H groups in total. The van der Waals surface area contributed by atoms with Crippen LogP contribution in [0.1, 0.15) is 31.2 Å². The Hall–Kier alpha value is -2.11. The lowest BCUT2D eigenvalue weighted by Gasteiger charge is -2.22. The number of fused-ring (bicyclic) bond motifs is 1. The summed E-state index contributed by atoms with van der Waals surface area (Å²) in [5, 5.41) is 12.1. The lowest BCUT2D eigenvalue weighted by atomic mass is 9.82. The van der Waals surface area contributed by atoms with Crippen LogP contribution in [0.4, 0.5) is 4.79 Å². The van der Waals surface area contributed by atoms with Crippen LogP contribution < -0.4 is 5.32 Å². The van der Waals surface area contributed by atoms with Crippen LogP contribution in [0.2, 0.25) is 0 Å². The zero-order chi connectivity index (χ0) is 16.2. The van der Waals surface area contributed by atoms with Gasteiger partial charge >= 0.3 is 12.0 Å². The second-order valence-electron chi connectivity index (χ2n) is 6.61. The number of carboxylic acid groups (broad SMARTS) is 1. The molecule has 2 fully saturated rings. The summed E-state index contributed by atoms with van der Waals surface area (Å²) in [6, 6.07) is 2.38. The molecule has 0 radical (unpaired) electrons. The number of pyridine rings is 1. The summed E-state index contributed by atoms with van der Waals surface area (Å²) in [5.74, 6) is 0.183. The van der Waals surface area contributed by atoms with E-state index in [1.807, 2.05) is 0 Å². The number of rotatable bonds is 4. The maximum atomic E-state index is 12.4. The first-order valence-electron chi connectivity index (χ1n) is 8.30. The Bertz CT molecular complexity index is 549. The van der Waals surface area contributed by atoms with E-state index >= 15 is 0 Å². The van der Waals surface area contributed by atoms with E-state index in [1.165, 1.54) is 25.7 Å². The highest BCUT2D eigenvalue weighted by molar-refractivity contribution is 5.83. The molecule has 2 amide bonds. The Labute approximate surface area is 135 Å². The van der Waals surface area contributed by atoms with Crippen molar-refractivity contribution in [2.75, 3.05) is 13.1 Å². The molecule has 1 saturated heterocycles. The van der Waals surface area contributed by atoms with Crippen LogP contribution in [-0.4, -0.2) is 46.1 Å². The van der Waals surface area contributed by atoms with Crippen molar-refractivity contribution >= 4 is 12.0 Å². The van der Waals surface area contributed by atoms with Gasteiger partial charge in [-0.25, -0.2) is 9.59 Å². The van der Waals surface area contributed by atoms with Crippen LogP contribution >= 0.6 is 0 Å². The topological polar surface area (TPSA) is 82.5 Å². The minimum absolute atomic E-state index is 0.249. The van der Waals surface area contributed by atoms with Gasteiger partial charge in [0.25, 0.3) is 0 Å². The van der Waals surface area contributed by atoms with Gasteiger partial charge in [-0.15, -0.1) is 0 Å². The Balaban J connectivity index is 1.59. The first-order chi connectivity index (χ1) is 11.1. The highest BCUT2D eigenvalue weighted by atomic mass is 16.4. The molecule has 1 saturated carbocycles. The molecular formula is C17H23N3O3. The largest absolute Gasteiger partial charge is 0.480 e. The average molecular weight is 317 g/mol. The Morgan fingerprint density at radius 3 is 2.39 bits per heavy atom. The van der Waals surface area contributed by atoms with Crippen LogP contribution in [0.15, 0.2) is 24.5 Å². The van der Waals surface area contributed by atoms with Gasteiger partial charge in [-0.1, -0.05) is 12.8 Å². The van der Waals surface area contributed by atoms with Crippen molar-refractivity contribution in [1.82, 2.24) is 15.2 Å². The van der Waals surface area contributed by atoms with Gasteiger partial charge in [-0.05, 0) is 42.4 Å². The molecule has 0 bridgehead atoms. The second-order valence-corrected chi connectivity index (χ2v) is 6.61. The number of urea groups is 1. The third-order valence-corrected chi connectivity index (χ3v) is 5.05. The van der Waals surface area contributed by atoms with Crippen molar-refractivity contribution in [3.05, 3.63) is 30.1 Å². The van der Waals surface area contributed by atoms with Gasteiger partial charge in [0, 0.05) is 31.9 Å². The highest BCUT2D eigenvalue weighted by Gasteiger charge is 2.37. The number of nitrogens with one attached hydrogen (secondary N) is 1. The summed E-state index contributed by atoms with van der Waals surface area (Å²) in [6.07, 6.45) is 8.39. The molecule has 3 rings (SSSR count). The van der Waals surface area contributed by atoms with Gasteiger partial charge in [-0.2, -0.15) is 0 Å². The summed E-state index contributed by atoms with van der Waals surface area (Å²) < 4.78 is 0. The summed E-state index contributed by atoms with van der Waals surface area (Å²) in [4.78, 5) is 29.6. The predicted molar refractivity (Wildman–Crippen MR) is 84.9 cm³/mol. The Morgan fingerprint density at radius 2 is 1.83 bits per heavy atom. The fourth-order valence-electron chi connectivity index (χ4n) is 3.77. The molecule has 6 nitrogen and oxygen atoms in total. The minimum Gasteiger partial charge on any atom is -0.480 e. The predicted octanol–water partition coefficient (Wildman–Crippen LogP) is 1.91. The summed E-state index contributed by atoms with van der Waals surface area (Å²) in [7, 11) is 0. The maximum Gasteiger partial charge on any atom is 0.326 e. The van der Waals surface area contributed by atoms with E-state index < -0.39 is 12.0 Å². The SMILES string of the molecule is O=C(O)C(Cc1ccncc1)NC(=O)N1C[C@H]2CCCC[C@H]2C1. The van der Waals surface area contributed by atoms with Crippen molar-refractivity contribution < 1.29 is 14.7 Å². The van der Waals surface area contributed by atoms with E-state index in [0.29, 0.717) is 11.8 Å². The number of hydrogen-bond donors (Lipinski definition) is 2. The van der Waals surface area contributed by atoms with Crippen molar-refractivity contribution in [3.8, 4) is 0 Å². The van der Waals surface area contributed by atoms with Crippen LogP contribution in [0, 0.1) is 11.8 Å². The zero-order valence-corrected chi connectivity index (χ0v) is 13.1. The molecule has 124 valence electrons. The molecule has 2 heterocycles. The normalized spacial score (nSPS) is 24.8. The number of likely N-dealkylation sites (tertiary alicyclic amines) is 1. The lowest BCUT2D eigenvalue weighted by molar-refractivity contribution is -0.139. The van der Waals surface area contributed by atoms with Gasteiger partial charge in [0.2, 0.25) is 0 Å². The van der Waals surface area contributed by atoms with Crippen molar-refractivity contribution in [2.24, 2.45) is 11.8 Å². The molecule has 0 aromatic carbocycles. The fourth-order valence-corrected chi connectivity index (χ4v) is 3.77. The molecule has 1 aromatic rings. The first-order valence-corrected chi connectivity index (χ1v) is 8.30. The highest BCUT2D eigenvalue weighted by Crippen LogP contribution is 2.35. The van der Waals surface area contributed by atoms with Crippen LogP contribution in [0.25, 0.3) is 0 Å². The van der Waals surface area contributed by atoms with Gasteiger partial charge in [0.15, 0.2) is 0 Å². The molecular weight excluding hydrogens is 294 g/mol. The summed E-state index contributed by atoms with van der Waals surface area (Å²) in [5.41, 5.74) is 0.850. The van der Waals surface area contributed by atoms with E-state index in [4.69, 9.17) is 0 Å². The van der Waals surface area contributed by atoms with E-state index in [-0.39, 0.29) is 12.5 Å². The van der Waals surface area contributed by atoms with Crippen LogP contribution in [0.3, 0.4) is 0 Å². The smallest absolute Gasteiger partial charge is 0.326 e. The quantitative estimate of drug-likeness (QED) is 0.888. The standard InChI is InChI=1S/C17H23N3O3/c21-16(22)15(9-12-5-7-18-8-6-12)19-17(23)20-10-13-3-1-2-4-14(13)11-20/h5-8,13-15H,1-4,9-11H2,(H,19,23)(H,21,22)/t13-,14+,15?. The average Bonchev–Trinajstić information content (AvgIpc) is 2.99. The third-order valence-electron chi connectivity index (χ3n) is 5.05. The summed E-state index contributed by atoms with van der Waals surface area (Å²) in [6.45, 7) is 1.52. The molecule has 6 heteroatoms. The van der Waals surface area contributed by atoms with E-state index in [0.717, 1.165) is 18.7 Å². The number of hydrogen-bond acceptors (Lipinski definition) is 3. The molecule has 23 heavy (non-hydrogen) atoms. The van der Waals surface area contributed by atoms with Crippen molar-refractivity contribution in [3.63, 3.8) is 0 Å². The van der Waals surface area contributed by atoms with Gasteiger partial charge in [0.1, 0.15) is 6.04 Å². The molecule has 1 aliphatic carbocycles. The first kappa shape index (κ1) is 15.8. The second kappa shape index (κ2) is 6.98. The monoisotopic (exact) mass is 317 g/mol. The third kappa shape index (κ3) is 3.81. The number of amides is 2. The van der Waals surface area contributed by atoms with Crippen LogP contribution in [-0.2, 0) is 11.2 Å². The van der Waals surface area contributed by atoms with E-state index in [2.05, 4.69) is 10.3 Å². The van der Waals surface area contributed by atoms with E-state index in [9.17, 15) is 14.7 Å².